The van der Waals surface area contributed by atoms with E-state index in [0.29, 0.717) is 6.61 Å². The van der Waals surface area contributed by atoms with Crippen LogP contribution in [0.4, 0.5) is 4.39 Å². The van der Waals surface area contributed by atoms with Crippen LogP contribution in [0.5, 0.6) is 0 Å². The van der Waals surface area contributed by atoms with Gasteiger partial charge in [0.15, 0.2) is 0 Å². The van der Waals surface area contributed by atoms with Gasteiger partial charge in [0.05, 0.1) is 6.61 Å². The van der Waals surface area contributed by atoms with E-state index in [2.05, 4.69) is 5.32 Å². The normalized spacial score (nSPS) is 27.6. The van der Waals surface area contributed by atoms with Gasteiger partial charge in [0, 0.05) is 11.6 Å². The summed E-state index contributed by atoms with van der Waals surface area (Å²) in [6.45, 7) is 2.63. The Kier molecular flexibility index (Phi) is 2.79. The van der Waals surface area contributed by atoms with E-state index in [1.165, 1.54) is 6.07 Å². The zero-order valence-electron chi connectivity index (χ0n) is 8.16. The van der Waals surface area contributed by atoms with Gasteiger partial charge in [0.25, 0.3) is 0 Å². The second kappa shape index (κ2) is 4.07. The molecule has 1 saturated heterocycles. The molecule has 2 nitrogen and oxygen atoms in total. The molecular weight excluding hydrogens is 181 g/mol. The van der Waals surface area contributed by atoms with Crippen molar-refractivity contribution in [2.45, 2.75) is 25.6 Å². The van der Waals surface area contributed by atoms with E-state index in [4.69, 9.17) is 4.74 Å². The van der Waals surface area contributed by atoms with Crippen LogP contribution in [0.3, 0.4) is 0 Å². The van der Waals surface area contributed by atoms with E-state index in [1.807, 2.05) is 19.1 Å². The Hall–Kier alpha value is -0.930. The first-order valence-corrected chi connectivity index (χ1v) is 4.89. The second-order valence-corrected chi connectivity index (χ2v) is 3.54. The fourth-order valence-corrected chi connectivity index (χ4v) is 1.78. The van der Waals surface area contributed by atoms with Crippen molar-refractivity contribution in [3.05, 3.63) is 35.6 Å². The molecule has 1 N–H and O–H groups in total. The lowest BCUT2D eigenvalue weighted by Crippen LogP contribution is -2.38. The molecule has 3 heteroatoms. The number of hydrogen-bond donors (Lipinski definition) is 1. The summed E-state index contributed by atoms with van der Waals surface area (Å²) in [7, 11) is 0. The van der Waals surface area contributed by atoms with Gasteiger partial charge in [-0.25, -0.2) is 4.39 Å². The summed E-state index contributed by atoms with van der Waals surface area (Å²) >= 11 is 0. The van der Waals surface area contributed by atoms with E-state index in [-0.39, 0.29) is 18.1 Å². The molecule has 2 rings (SSSR count). The minimum atomic E-state index is -0.140. The van der Waals surface area contributed by atoms with Crippen molar-refractivity contribution in [1.29, 1.82) is 0 Å². The smallest absolute Gasteiger partial charge is 0.127 e. The molecule has 1 aromatic rings. The molecular formula is C11H14FNO. The number of ether oxygens (including phenoxy) is 1. The van der Waals surface area contributed by atoms with Gasteiger partial charge in [-0.2, -0.15) is 0 Å². The van der Waals surface area contributed by atoms with Crippen LogP contribution in [0, 0.1) is 5.82 Å². The molecule has 0 saturated carbocycles. The standard InChI is InChI=1S/C11H14FNO/c1-8-13-11(6-7-14-8)9-4-2-3-5-10(9)12/h2-5,8,11,13H,6-7H2,1H3. The van der Waals surface area contributed by atoms with Gasteiger partial charge in [-0.15, -0.1) is 0 Å². The van der Waals surface area contributed by atoms with Gasteiger partial charge >= 0.3 is 0 Å². The van der Waals surface area contributed by atoms with Gasteiger partial charge < -0.3 is 4.74 Å². The lowest BCUT2D eigenvalue weighted by atomic mass is 10.0. The molecule has 76 valence electrons. The van der Waals surface area contributed by atoms with Crippen molar-refractivity contribution in [3.63, 3.8) is 0 Å². The van der Waals surface area contributed by atoms with Crippen molar-refractivity contribution in [2.24, 2.45) is 0 Å². The van der Waals surface area contributed by atoms with Gasteiger partial charge in [0.1, 0.15) is 12.0 Å². The summed E-state index contributed by atoms with van der Waals surface area (Å²) in [5, 5.41) is 3.21. The van der Waals surface area contributed by atoms with Crippen LogP contribution in [-0.4, -0.2) is 12.8 Å². The average Bonchev–Trinajstić information content (AvgIpc) is 2.18. The highest BCUT2D eigenvalue weighted by Crippen LogP contribution is 2.23. The van der Waals surface area contributed by atoms with Crippen molar-refractivity contribution in [2.75, 3.05) is 6.61 Å². The summed E-state index contributed by atoms with van der Waals surface area (Å²) in [5.74, 6) is -0.140. The van der Waals surface area contributed by atoms with Crippen LogP contribution in [-0.2, 0) is 4.74 Å². The molecule has 0 bridgehead atoms. The zero-order chi connectivity index (χ0) is 9.97. The first-order chi connectivity index (χ1) is 6.77. The van der Waals surface area contributed by atoms with Crippen LogP contribution >= 0.6 is 0 Å². The van der Waals surface area contributed by atoms with Gasteiger partial charge in [-0.1, -0.05) is 18.2 Å². The van der Waals surface area contributed by atoms with Crippen LogP contribution in [0.2, 0.25) is 0 Å². The molecule has 1 aliphatic rings. The van der Waals surface area contributed by atoms with Crippen molar-refractivity contribution >= 4 is 0 Å². The van der Waals surface area contributed by atoms with E-state index in [9.17, 15) is 4.39 Å². The molecule has 0 radical (unpaired) electrons. The van der Waals surface area contributed by atoms with E-state index < -0.39 is 0 Å². The predicted octanol–water partition coefficient (Wildman–Crippen LogP) is 2.22. The summed E-state index contributed by atoms with van der Waals surface area (Å²) in [4.78, 5) is 0. The van der Waals surface area contributed by atoms with Gasteiger partial charge in [-0.3, -0.25) is 5.32 Å². The summed E-state index contributed by atoms with van der Waals surface area (Å²) in [6, 6.07) is 6.98. The SMILES string of the molecule is CC1NC(c2ccccc2F)CCO1. The highest BCUT2D eigenvalue weighted by Gasteiger charge is 2.21. The third-order valence-corrected chi connectivity index (χ3v) is 2.49. The Morgan fingerprint density at radius 1 is 1.43 bits per heavy atom. The fourth-order valence-electron chi connectivity index (χ4n) is 1.78. The third-order valence-electron chi connectivity index (χ3n) is 2.49. The van der Waals surface area contributed by atoms with Crippen LogP contribution < -0.4 is 5.32 Å². The Labute approximate surface area is 83.1 Å². The maximum absolute atomic E-state index is 13.4. The molecule has 14 heavy (non-hydrogen) atoms. The number of rotatable bonds is 1. The second-order valence-electron chi connectivity index (χ2n) is 3.54. The van der Waals surface area contributed by atoms with Crippen molar-refractivity contribution in [1.82, 2.24) is 5.32 Å². The summed E-state index contributed by atoms with van der Waals surface area (Å²) in [5.41, 5.74) is 0.739. The molecule has 0 amide bonds. The molecule has 2 atom stereocenters. The Morgan fingerprint density at radius 2 is 2.21 bits per heavy atom. The average molecular weight is 195 g/mol. The van der Waals surface area contributed by atoms with Gasteiger partial charge in [0.2, 0.25) is 0 Å². The molecule has 0 aliphatic carbocycles. The maximum atomic E-state index is 13.4. The predicted molar refractivity (Wildman–Crippen MR) is 52.3 cm³/mol. The minimum Gasteiger partial charge on any atom is -0.364 e. The number of benzene rings is 1. The fraction of sp³-hybridized carbons (Fsp3) is 0.455. The topological polar surface area (TPSA) is 21.3 Å². The minimum absolute atomic E-state index is 0.00774. The van der Waals surface area contributed by atoms with Crippen LogP contribution in [0.25, 0.3) is 0 Å². The van der Waals surface area contributed by atoms with E-state index >= 15 is 0 Å². The Balaban J connectivity index is 2.18. The van der Waals surface area contributed by atoms with Crippen LogP contribution in [0.1, 0.15) is 24.9 Å². The van der Waals surface area contributed by atoms with Crippen LogP contribution in [0.15, 0.2) is 24.3 Å². The molecule has 1 heterocycles. The number of nitrogens with one attached hydrogen (secondary N) is 1. The number of hydrogen-bond acceptors (Lipinski definition) is 2. The molecule has 1 aliphatic heterocycles. The van der Waals surface area contributed by atoms with E-state index in [0.717, 1.165) is 12.0 Å². The number of halogens is 1. The van der Waals surface area contributed by atoms with E-state index in [1.54, 1.807) is 6.07 Å². The molecule has 0 spiro atoms. The van der Waals surface area contributed by atoms with Gasteiger partial charge in [-0.05, 0) is 19.4 Å². The first-order valence-electron chi connectivity index (χ1n) is 4.89. The first kappa shape index (κ1) is 9.62. The molecule has 1 fully saturated rings. The maximum Gasteiger partial charge on any atom is 0.127 e. The highest BCUT2D eigenvalue weighted by molar-refractivity contribution is 5.21. The Bertz CT molecular complexity index is 316. The molecule has 1 aromatic carbocycles. The zero-order valence-corrected chi connectivity index (χ0v) is 8.16. The highest BCUT2D eigenvalue weighted by atomic mass is 19.1. The summed E-state index contributed by atoms with van der Waals surface area (Å²) < 4.78 is 18.8. The lowest BCUT2D eigenvalue weighted by molar-refractivity contribution is -0.00724. The quantitative estimate of drug-likeness (QED) is 0.742. The third kappa shape index (κ3) is 1.94. The molecule has 2 unspecified atom stereocenters. The van der Waals surface area contributed by atoms with Crippen molar-refractivity contribution in [3.8, 4) is 0 Å². The monoisotopic (exact) mass is 195 g/mol. The Morgan fingerprint density at radius 3 is 2.93 bits per heavy atom. The van der Waals surface area contributed by atoms with Crippen molar-refractivity contribution < 1.29 is 9.13 Å². The summed E-state index contributed by atoms with van der Waals surface area (Å²) in [6.07, 6.45) is 0.832. The largest absolute Gasteiger partial charge is 0.364 e. The molecule has 0 aromatic heterocycles. The lowest BCUT2D eigenvalue weighted by Gasteiger charge is -2.29.